The summed E-state index contributed by atoms with van der Waals surface area (Å²) in [6.07, 6.45) is 5.76. The van der Waals surface area contributed by atoms with E-state index in [9.17, 15) is 0 Å². The smallest absolute Gasteiger partial charge is 0.0964 e. The first-order chi connectivity index (χ1) is 8.81. The summed E-state index contributed by atoms with van der Waals surface area (Å²) in [4.78, 5) is 0. The summed E-state index contributed by atoms with van der Waals surface area (Å²) in [5.74, 6) is 1.22. The summed E-state index contributed by atoms with van der Waals surface area (Å²) >= 11 is 2.08. The largest absolute Gasteiger partial charge is 0.394 e. The van der Waals surface area contributed by atoms with E-state index in [2.05, 4.69) is 34.3 Å². The van der Waals surface area contributed by atoms with Crippen LogP contribution in [0.1, 0.15) is 31.9 Å². The molecule has 6 heteroatoms. The second-order valence-electron chi connectivity index (χ2n) is 4.66. The van der Waals surface area contributed by atoms with Crippen molar-refractivity contribution in [1.29, 1.82) is 0 Å². The molecule has 18 heavy (non-hydrogen) atoms. The number of hydrogen-bond donors (Lipinski definition) is 2. The average Bonchev–Trinajstić information content (AvgIpc) is 2.97. The van der Waals surface area contributed by atoms with Gasteiger partial charge in [-0.05, 0) is 25.0 Å². The first kappa shape index (κ1) is 13.8. The molecule has 0 amide bonds. The Bertz CT molecular complexity index is 358. The fourth-order valence-electron chi connectivity index (χ4n) is 2.39. The third-order valence-corrected chi connectivity index (χ3v) is 4.51. The number of thioether (sulfide) groups is 1. The minimum atomic E-state index is 0.106. The van der Waals surface area contributed by atoms with Crippen molar-refractivity contribution in [3.05, 3.63) is 11.9 Å². The highest BCUT2D eigenvalue weighted by molar-refractivity contribution is 7.99. The number of aliphatic hydroxyl groups excluding tert-OH is 1. The molecule has 0 aliphatic heterocycles. The zero-order valence-corrected chi connectivity index (χ0v) is 11.7. The van der Waals surface area contributed by atoms with Crippen molar-refractivity contribution in [1.82, 2.24) is 20.3 Å². The molecule has 2 unspecified atom stereocenters. The summed E-state index contributed by atoms with van der Waals surface area (Å²) in [5, 5.41) is 21.2. The Morgan fingerprint density at radius 1 is 1.56 bits per heavy atom. The lowest BCUT2D eigenvalue weighted by Gasteiger charge is -2.11. The van der Waals surface area contributed by atoms with Gasteiger partial charge in [0.1, 0.15) is 0 Å². The predicted octanol–water partition coefficient (Wildman–Crippen LogP) is 1.03. The number of hydrogen-bond acceptors (Lipinski definition) is 5. The Morgan fingerprint density at radius 2 is 2.44 bits per heavy atom. The molecular weight excluding hydrogens is 248 g/mol. The average molecular weight is 270 g/mol. The highest BCUT2D eigenvalue weighted by Gasteiger charge is 2.24. The van der Waals surface area contributed by atoms with E-state index in [1.54, 1.807) is 4.68 Å². The predicted molar refractivity (Wildman–Crippen MR) is 73.5 cm³/mol. The van der Waals surface area contributed by atoms with Crippen LogP contribution in [0.15, 0.2) is 6.20 Å². The highest BCUT2D eigenvalue weighted by atomic mass is 32.2. The number of aliphatic hydroxyl groups is 1. The molecule has 1 heterocycles. The van der Waals surface area contributed by atoms with Crippen molar-refractivity contribution in [3.63, 3.8) is 0 Å². The van der Waals surface area contributed by atoms with Gasteiger partial charge in [-0.25, -0.2) is 4.68 Å². The van der Waals surface area contributed by atoms with E-state index in [0.29, 0.717) is 12.6 Å². The molecule has 0 bridgehead atoms. The number of nitrogens with zero attached hydrogens (tertiary/aromatic N) is 3. The molecule has 1 aromatic heterocycles. The minimum absolute atomic E-state index is 0.106. The zero-order chi connectivity index (χ0) is 12.8. The SMILES string of the molecule is CCSC1CCC(NCc2cn(CCO)nn2)C1. The van der Waals surface area contributed by atoms with Gasteiger partial charge in [-0.3, -0.25) is 0 Å². The monoisotopic (exact) mass is 270 g/mol. The van der Waals surface area contributed by atoms with Crippen molar-refractivity contribution in [3.8, 4) is 0 Å². The van der Waals surface area contributed by atoms with Crippen LogP contribution in [-0.2, 0) is 13.1 Å². The quantitative estimate of drug-likeness (QED) is 0.775. The fraction of sp³-hybridized carbons (Fsp3) is 0.833. The van der Waals surface area contributed by atoms with Gasteiger partial charge in [0.15, 0.2) is 0 Å². The van der Waals surface area contributed by atoms with Crippen molar-refractivity contribution >= 4 is 11.8 Å². The third-order valence-electron chi connectivity index (χ3n) is 3.27. The Hall–Kier alpha value is -0.590. The van der Waals surface area contributed by atoms with E-state index in [1.165, 1.54) is 25.0 Å². The molecule has 1 aliphatic carbocycles. The van der Waals surface area contributed by atoms with Crippen molar-refractivity contribution in [2.75, 3.05) is 12.4 Å². The molecule has 0 saturated heterocycles. The standard InChI is InChI=1S/C12H22N4OS/c1-2-18-12-4-3-10(7-12)13-8-11-9-16(5-6-17)15-14-11/h9-10,12-13,17H,2-8H2,1H3. The van der Waals surface area contributed by atoms with Crippen LogP contribution in [0.25, 0.3) is 0 Å². The summed E-state index contributed by atoms with van der Waals surface area (Å²) < 4.78 is 1.68. The molecule has 1 aliphatic rings. The first-order valence-electron chi connectivity index (χ1n) is 6.66. The van der Waals surface area contributed by atoms with Crippen LogP contribution in [0.3, 0.4) is 0 Å². The van der Waals surface area contributed by atoms with Crippen molar-refractivity contribution in [2.45, 2.75) is 50.6 Å². The van der Waals surface area contributed by atoms with Crippen LogP contribution in [0, 0.1) is 0 Å². The second kappa shape index (κ2) is 7.11. The van der Waals surface area contributed by atoms with Gasteiger partial charge in [0.05, 0.1) is 18.8 Å². The second-order valence-corrected chi connectivity index (χ2v) is 6.24. The van der Waals surface area contributed by atoms with E-state index in [1.807, 2.05) is 6.20 Å². The molecule has 5 nitrogen and oxygen atoms in total. The lowest BCUT2D eigenvalue weighted by atomic mass is 10.2. The van der Waals surface area contributed by atoms with Crippen LogP contribution in [-0.4, -0.2) is 43.8 Å². The van der Waals surface area contributed by atoms with Crippen LogP contribution < -0.4 is 5.32 Å². The maximum atomic E-state index is 8.80. The van der Waals surface area contributed by atoms with Gasteiger partial charge >= 0.3 is 0 Å². The van der Waals surface area contributed by atoms with E-state index >= 15 is 0 Å². The lowest BCUT2D eigenvalue weighted by molar-refractivity contribution is 0.268. The minimum Gasteiger partial charge on any atom is -0.394 e. The molecule has 0 spiro atoms. The Kier molecular flexibility index (Phi) is 5.46. The lowest BCUT2D eigenvalue weighted by Crippen LogP contribution is -2.26. The molecule has 2 rings (SSSR count). The van der Waals surface area contributed by atoms with Crippen LogP contribution in [0.4, 0.5) is 0 Å². The number of nitrogens with one attached hydrogen (secondary N) is 1. The normalized spacial score (nSPS) is 23.7. The van der Waals surface area contributed by atoms with Crippen molar-refractivity contribution in [2.24, 2.45) is 0 Å². The van der Waals surface area contributed by atoms with Crippen LogP contribution in [0.2, 0.25) is 0 Å². The van der Waals surface area contributed by atoms with Gasteiger partial charge in [0, 0.05) is 24.0 Å². The fourth-order valence-corrected chi connectivity index (χ4v) is 3.54. The van der Waals surface area contributed by atoms with E-state index in [0.717, 1.165) is 17.5 Å². The van der Waals surface area contributed by atoms with Crippen LogP contribution >= 0.6 is 11.8 Å². The summed E-state index contributed by atoms with van der Waals surface area (Å²) in [6.45, 7) is 3.63. The Balaban J connectivity index is 1.71. The molecule has 2 N–H and O–H groups in total. The highest BCUT2D eigenvalue weighted by Crippen LogP contribution is 2.29. The zero-order valence-electron chi connectivity index (χ0n) is 10.9. The molecule has 0 aromatic carbocycles. The molecule has 1 fully saturated rings. The summed E-state index contributed by atoms with van der Waals surface area (Å²) in [7, 11) is 0. The van der Waals surface area contributed by atoms with E-state index in [-0.39, 0.29) is 6.61 Å². The van der Waals surface area contributed by atoms with Gasteiger partial charge in [0.2, 0.25) is 0 Å². The number of aromatic nitrogens is 3. The Morgan fingerprint density at radius 3 is 3.22 bits per heavy atom. The van der Waals surface area contributed by atoms with Crippen LogP contribution in [0.5, 0.6) is 0 Å². The topological polar surface area (TPSA) is 63.0 Å². The molecular formula is C12H22N4OS. The van der Waals surface area contributed by atoms with Gasteiger partial charge in [-0.15, -0.1) is 5.10 Å². The van der Waals surface area contributed by atoms with E-state index in [4.69, 9.17) is 5.11 Å². The van der Waals surface area contributed by atoms with Crippen molar-refractivity contribution < 1.29 is 5.11 Å². The van der Waals surface area contributed by atoms with E-state index < -0.39 is 0 Å². The molecule has 0 radical (unpaired) electrons. The number of rotatable bonds is 7. The summed E-state index contributed by atoms with van der Waals surface area (Å²) in [6, 6.07) is 0.622. The maximum Gasteiger partial charge on any atom is 0.0964 e. The molecule has 1 aromatic rings. The van der Waals surface area contributed by atoms with Gasteiger partial charge in [-0.2, -0.15) is 11.8 Å². The summed E-state index contributed by atoms with van der Waals surface area (Å²) in [5.41, 5.74) is 0.954. The van der Waals surface area contributed by atoms with Gasteiger partial charge in [0.25, 0.3) is 0 Å². The Labute approximate surface area is 112 Å². The van der Waals surface area contributed by atoms with Gasteiger partial charge < -0.3 is 10.4 Å². The maximum absolute atomic E-state index is 8.80. The molecule has 102 valence electrons. The van der Waals surface area contributed by atoms with Gasteiger partial charge in [-0.1, -0.05) is 12.1 Å². The molecule has 2 atom stereocenters. The first-order valence-corrected chi connectivity index (χ1v) is 7.71. The molecule has 1 saturated carbocycles. The third kappa shape index (κ3) is 3.96.